The van der Waals surface area contributed by atoms with Crippen LogP contribution in [0.1, 0.15) is 39.7 Å². The van der Waals surface area contributed by atoms with Gasteiger partial charge in [0.2, 0.25) is 0 Å². The molecule has 1 fully saturated rings. The van der Waals surface area contributed by atoms with Gasteiger partial charge >= 0.3 is 0 Å². The smallest absolute Gasteiger partial charge is 0.151 e. The molecule has 0 radical (unpaired) electrons. The molecule has 0 saturated carbocycles. The van der Waals surface area contributed by atoms with Crippen LogP contribution in [0.15, 0.2) is 43.0 Å². The van der Waals surface area contributed by atoms with Crippen LogP contribution in [0.4, 0.5) is 0 Å². The molecular formula is C18H27OS+. The Bertz CT molecular complexity index is 454. The normalized spacial score (nSPS) is 32.8. The lowest BCUT2D eigenvalue weighted by Crippen LogP contribution is -2.62. The first-order valence-electron chi connectivity index (χ1n) is 7.39. The molecule has 0 bridgehead atoms. The van der Waals surface area contributed by atoms with Crippen molar-refractivity contribution in [3.05, 3.63) is 48.6 Å². The predicted molar refractivity (Wildman–Crippen MR) is 90.2 cm³/mol. The Labute approximate surface area is 126 Å². The molecule has 3 atom stereocenters. The summed E-state index contributed by atoms with van der Waals surface area (Å²) in [6, 6.07) is 10.9. The summed E-state index contributed by atoms with van der Waals surface area (Å²) in [6.45, 7) is 13.1. The third-order valence-electron chi connectivity index (χ3n) is 4.61. The highest BCUT2D eigenvalue weighted by Crippen LogP contribution is 2.44. The third-order valence-corrected chi connectivity index (χ3v) is 8.04. The van der Waals surface area contributed by atoms with E-state index in [0.29, 0.717) is 17.0 Å². The molecule has 1 saturated heterocycles. The Balaban J connectivity index is 2.25. The fraction of sp³-hybridized carbons (Fsp3) is 0.556. The molecular weight excluding hydrogens is 264 g/mol. The zero-order valence-electron chi connectivity index (χ0n) is 13.2. The molecule has 2 heteroatoms. The largest absolute Gasteiger partial charge is 0.362 e. The van der Waals surface area contributed by atoms with Crippen molar-refractivity contribution in [1.29, 1.82) is 0 Å². The Hall–Kier alpha value is -0.730. The summed E-state index contributed by atoms with van der Waals surface area (Å²) in [4.78, 5) is 0. The Morgan fingerprint density at radius 1 is 1.30 bits per heavy atom. The van der Waals surface area contributed by atoms with Crippen molar-refractivity contribution >= 4 is 10.9 Å². The van der Waals surface area contributed by atoms with Gasteiger partial charge in [-0.1, -0.05) is 36.4 Å². The molecule has 1 aliphatic heterocycles. The van der Waals surface area contributed by atoms with E-state index < -0.39 is 0 Å². The monoisotopic (exact) mass is 291 g/mol. The first-order chi connectivity index (χ1) is 9.39. The molecule has 110 valence electrons. The maximum atomic E-state index is 6.33. The SMILES string of the molecule is C=CC[C@]1(C)O[C@@H](C)C[S+](Cc2ccccc2)C1(C)C. The Morgan fingerprint density at radius 2 is 1.95 bits per heavy atom. The summed E-state index contributed by atoms with van der Waals surface area (Å²) in [5, 5.41) is 0. The van der Waals surface area contributed by atoms with Crippen LogP contribution in [0.25, 0.3) is 0 Å². The molecule has 2 rings (SSSR count). The van der Waals surface area contributed by atoms with Crippen LogP contribution in [0.5, 0.6) is 0 Å². The van der Waals surface area contributed by atoms with Crippen LogP contribution < -0.4 is 0 Å². The summed E-state index contributed by atoms with van der Waals surface area (Å²) in [6.07, 6.45) is 3.26. The van der Waals surface area contributed by atoms with Gasteiger partial charge in [-0.15, -0.1) is 6.58 Å². The molecule has 0 spiro atoms. The van der Waals surface area contributed by atoms with Crippen molar-refractivity contribution in [3.8, 4) is 0 Å². The van der Waals surface area contributed by atoms with Crippen LogP contribution in [0.2, 0.25) is 0 Å². The number of hydrogen-bond acceptors (Lipinski definition) is 1. The lowest BCUT2D eigenvalue weighted by atomic mass is 9.87. The van der Waals surface area contributed by atoms with Crippen LogP contribution in [0.3, 0.4) is 0 Å². The van der Waals surface area contributed by atoms with Crippen molar-refractivity contribution in [2.24, 2.45) is 0 Å². The maximum absolute atomic E-state index is 6.33. The average molecular weight is 291 g/mol. The van der Waals surface area contributed by atoms with Gasteiger partial charge in [0.1, 0.15) is 23.2 Å². The van der Waals surface area contributed by atoms with Gasteiger partial charge in [0.05, 0.1) is 0 Å². The molecule has 1 nitrogen and oxygen atoms in total. The highest BCUT2D eigenvalue weighted by molar-refractivity contribution is 7.97. The molecule has 0 aromatic heterocycles. The molecule has 1 heterocycles. The lowest BCUT2D eigenvalue weighted by molar-refractivity contribution is -0.0916. The second kappa shape index (κ2) is 5.95. The van der Waals surface area contributed by atoms with E-state index >= 15 is 0 Å². The van der Waals surface area contributed by atoms with Crippen molar-refractivity contribution in [2.45, 2.75) is 56.3 Å². The Kier molecular flexibility index (Phi) is 4.66. The van der Waals surface area contributed by atoms with Crippen LogP contribution >= 0.6 is 0 Å². The van der Waals surface area contributed by atoms with Crippen LogP contribution in [-0.2, 0) is 21.4 Å². The van der Waals surface area contributed by atoms with E-state index in [9.17, 15) is 0 Å². The van der Waals surface area contributed by atoms with Gasteiger partial charge < -0.3 is 4.74 Å². The minimum atomic E-state index is -0.107. The van der Waals surface area contributed by atoms with Gasteiger partial charge in [0.25, 0.3) is 0 Å². The summed E-state index contributed by atoms with van der Waals surface area (Å²) in [7, 11) is 0.320. The fourth-order valence-electron chi connectivity index (χ4n) is 3.00. The third kappa shape index (κ3) is 2.96. The van der Waals surface area contributed by atoms with E-state index in [2.05, 4.69) is 64.6 Å². The van der Waals surface area contributed by atoms with E-state index in [1.54, 1.807) is 0 Å². The summed E-state index contributed by atoms with van der Waals surface area (Å²) >= 11 is 0. The highest BCUT2D eigenvalue weighted by Gasteiger charge is 2.58. The number of hydrogen-bond donors (Lipinski definition) is 0. The second-order valence-electron chi connectivity index (χ2n) is 6.45. The van der Waals surface area contributed by atoms with E-state index in [-0.39, 0.29) is 10.3 Å². The number of rotatable bonds is 4. The van der Waals surface area contributed by atoms with Crippen molar-refractivity contribution in [1.82, 2.24) is 0 Å². The molecule has 1 aliphatic rings. The van der Waals surface area contributed by atoms with Gasteiger partial charge in [0.15, 0.2) is 4.75 Å². The summed E-state index contributed by atoms with van der Waals surface area (Å²) in [5.41, 5.74) is 1.34. The van der Waals surface area contributed by atoms with E-state index in [0.717, 1.165) is 17.9 Å². The minimum Gasteiger partial charge on any atom is -0.362 e. The van der Waals surface area contributed by atoms with E-state index in [1.165, 1.54) is 5.56 Å². The average Bonchev–Trinajstić information content (AvgIpc) is 2.37. The zero-order chi connectivity index (χ0) is 14.8. The van der Waals surface area contributed by atoms with Crippen LogP contribution in [-0.4, -0.2) is 22.2 Å². The number of ether oxygens (including phenoxy) is 1. The van der Waals surface area contributed by atoms with Crippen molar-refractivity contribution < 1.29 is 4.74 Å². The van der Waals surface area contributed by atoms with Gasteiger partial charge in [-0.05, 0) is 34.1 Å². The zero-order valence-corrected chi connectivity index (χ0v) is 14.0. The first-order valence-corrected chi connectivity index (χ1v) is 8.95. The topological polar surface area (TPSA) is 9.23 Å². The Morgan fingerprint density at radius 3 is 2.55 bits per heavy atom. The van der Waals surface area contributed by atoms with Gasteiger partial charge in [0, 0.05) is 16.5 Å². The van der Waals surface area contributed by atoms with Gasteiger partial charge in [-0.3, -0.25) is 0 Å². The fourth-order valence-corrected chi connectivity index (χ4v) is 5.87. The van der Waals surface area contributed by atoms with Gasteiger partial charge in [-0.2, -0.15) is 0 Å². The minimum absolute atomic E-state index is 0.107. The first kappa shape index (κ1) is 15.7. The van der Waals surface area contributed by atoms with Crippen molar-refractivity contribution in [2.75, 3.05) is 5.75 Å². The summed E-state index contributed by atoms with van der Waals surface area (Å²) in [5.74, 6) is 2.32. The highest BCUT2D eigenvalue weighted by atomic mass is 32.2. The second-order valence-corrected chi connectivity index (χ2v) is 9.08. The van der Waals surface area contributed by atoms with Crippen molar-refractivity contribution in [3.63, 3.8) is 0 Å². The maximum Gasteiger partial charge on any atom is 0.151 e. The predicted octanol–water partition coefficient (Wildman–Crippen LogP) is 4.34. The standard InChI is InChI=1S/C18H27OS/c1-6-12-18(5)17(3,4)20(13-15(2)19-18)14-16-10-8-7-9-11-16/h6-11,15H,1,12-14H2,2-5H3/q+1/t15-,18-,20?/m0/s1. The molecule has 1 aromatic rings. The molecule has 0 aliphatic carbocycles. The molecule has 0 amide bonds. The molecule has 20 heavy (non-hydrogen) atoms. The van der Waals surface area contributed by atoms with Gasteiger partial charge in [-0.25, -0.2) is 0 Å². The van der Waals surface area contributed by atoms with Crippen LogP contribution in [0, 0.1) is 0 Å². The molecule has 1 unspecified atom stereocenters. The molecule has 0 N–H and O–H groups in total. The lowest BCUT2D eigenvalue weighted by Gasteiger charge is -2.48. The van der Waals surface area contributed by atoms with E-state index in [4.69, 9.17) is 4.74 Å². The molecule has 1 aromatic carbocycles. The summed E-state index contributed by atoms with van der Waals surface area (Å²) < 4.78 is 6.50. The quantitative estimate of drug-likeness (QED) is 0.592. The van der Waals surface area contributed by atoms with E-state index in [1.807, 2.05) is 6.08 Å². The number of benzene rings is 1.